The molecule has 0 aliphatic rings. The third kappa shape index (κ3) is 66.2. The Bertz CT molecular complexity index is 364. The number of unbranched alkanes of at least 4 members (excludes halogenated alkanes) is 7. The molecular weight excluding hydrogens is 466 g/mol. The summed E-state index contributed by atoms with van der Waals surface area (Å²) < 4.78 is 0. The fourth-order valence-corrected chi connectivity index (χ4v) is 2.75. The van der Waals surface area contributed by atoms with Gasteiger partial charge >= 0.3 is 0 Å². The van der Waals surface area contributed by atoms with Crippen LogP contribution in [0.15, 0.2) is 5.11 Å². The van der Waals surface area contributed by atoms with Gasteiger partial charge in [-0.3, -0.25) is 0 Å². The van der Waals surface area contributed by atoms with Gasteiger partial charge in [0.25, 0.3) is 0 Å². The van der Waals surface area contributed by atoms with Crippen LogP contribution in [-0.4, -0.2) is 79.0 Å². The molecule has 0 saturated carbocycles. The third-order valence-electron chi connectivity index (χ3n) is 5.04. The Labute approximate surface area is 229 Å². The van der Waals surface area contributed by atoms with Gasteiger partial charge in [-0.25, -0.2) is 0 Å². The van der Waals surface area contributed by atoms with Crippen molar-refractivity contribution in [1.29, 1.82) is 0 Å². The topological polar surface area (TPSA) is 215 Å². The smallest absolute Gasteiger partial charge is 0.0258 e. The van der Waals surface area contributed by atoms with Crippen molar-refractivity contribution in [2.75, 3.05) is 79.0 Å². The van der Waals surface area contributed by atoms with E-state index in [1.54, 1.807) is 0 Å². The van der Waals surface area contributed by atoms with E-state index in [1.165, 1.54) is 64.5 Å². The maximum absolute atomic E-state index is 7.97. The SMILES string of the molecule is CCCCNCCCCCCCCN.CNCCCN.NCCCN.[N-]=[N+]=NCCCCNCCCN. The summed E-state index contributed by atoms with van der Waals surface area (Å²) in [4.78, 5) is 2.67. The molecule has 0 rings (SSSR count). The van der Waals surface area contributed by atoms with Crippen molar-refractivity contribution < 1.29 is 0 Å². The molecule has 0 radical (unpaired) electrons. The highest BCUT2D eigenvalue weighted by molar-refractivity contribution is 4.52. The van der Waals surface area contributed by atoms with Gasteiger partial charge < -0.3 is 44.6 Å². The number of nitrogens with two attached hydrogens (primary N) is 5. The van der Waals surface area contributed by atoms with Crippen molar-refractivity contribution in [1.82, 2.24) is 16.0 Å². The Morgan fingerprint density at radius 2 is 0.973 bits per heavy atom. The van der Waals surface area contributed by atoms with E-state index < -0.39 is 0 Å². The zero-order valence-corrected chi connectivity index (χ0v) is 24.7. The van der Waals surface area contributed by atoms with Gasteiger partial charge in [-0.2, -0.15) is 0 Å². The van der Waals surface area contributed by atoms with Gasteiger partial charge in [-0.05, 0) is 129 Å². The first-order valence-electron chi connectivity index (χ1n) is 14.7. The summed E-state index contributed by atoms with van der Waals surface area (Å²) in [5, 5.41) is 13.1. The summed E-state index contributed by atoms with van der Waals surface area (Å²) >= 11 is 0. The fraction of sp³-hybridized carbons (Fsp3) is 1.00. The minimum atomic E-state index is 0.606. The highest BCUT2D eigenvalue weighted by atomic mass is 15.1. The number of azide groups is 1. The molecule has 0 fully saturated rings. The average Bonchev–Trinajstić information content (AvgIpc) is 2.92. The van der Waals surface area contributed by atoms with Crippen LogP contribution in [0.2, 0.25) is 0 Å². The second-order valence-electron chi connectivity index (χ2n) is 8.74. The van der Waals surface area contributed by atoms with E-state index in [0.717, 1.165) is 84.5 Å². The lowest BCUT2D eigenvalue weighted by Crippen LogP contribution is -2.19. The van der Waals surface area contributed by atoms with Crippen molar-refractivity contribution in [3.63, 3.8) is 0 Å². The molecule has 0 bridgehead atoms. The van der Waals surface area contributed by atoms with Gasteiger partial charge in [0.15, 0.2) is 0 Å². The molecule has 0 aliphatic carbocycles. The highest BCUT2D eigenvalue weighted by Gasteiger charge is 1.91. The summed E-state index contributed by atoms with van der Waals surface area (Å²) in [6, 6.07) is 0. The van der Waals surface area contributed by atoms with Crippen molar-refractivity contribution in [2.45, 2.75) is 90.4 Å². The summed E-state index contributed by atoms with van der Waals surface area (Å²) in [5.74, 6) is 0. The molecule has 0 amide bonds. The maximum atomic E-state index is 7.97. The monoisotopic (exact) mass is 534 g/mol. The highest BCUT2D eigenvalue weighted by Crippen LogP contribution is 2.03. The van der Waals surface area contributed by atoms with Crippen LogP contribution in [0.1, 0.15) is 90.4 Å². The van der Waals surface area contributed by atoms with Crippen molar-refractivity contribution >= 4 is 0 Å². The van der Waals surface area contributed by atoms with Crippen LogP contribution in [0, 0.1) is 0 Å². The molecule has 0 heterocycles. The minimum absolute atomic E-state index is 0.606. The van der Waals surface area contributed by atoms with Crippen LogP contribution < -0.4 is 44.6 Å². The summed E-state index contributed by atoms with van der Waals surface area (Å²) in [7, 11) is 1.93. The van der Waals surface area contributed by atoms with Crippen LogP contribution >= 0.6 is 0 Å². The molecule has 0 aromatic rings. The molecule has 226 valence electrons. The predicted molar refractivity (Wildman–Crippen MR) is 165 cm³/mol. The van der Waals surface area contributed by atoms with Crippen LogP contribution in [0.4, 0.5) is 0 Å². The minimum Gasteiger partial charge on any atom is -0.330 e. The van der Waals surface area contributed by atoms with Crippen LogP contribution in [0.3, 0.4) is 0 Å². The van der Waals surface area contributed by atoms with Crippen molar-refractivity contribution in [2.24, 2.45) is 33.8 Å². The molecule has 0 aliphatic heterocycles. The largest absolute Gasteiger partial charge is 0.330 e. The zero-order chi connectivity index (χ0) is 28.5. The Hall–Kier alpha value is -1.01. The Morgan fingerprint density at radius 3 is 1.41 bits per heavy atom. The zero-order valence-electron chi connectivity index (χ0n) is 24.7. The lowest BCUT2D eigenvalue weighted by molar-refractivity contribution is 0.559. The lowest BCUT2D eigenvalue weighted by Gasteiger charge is -2.03. The average molecular weight is 534 g/mol. The molecular formula is C26H67N11. The van der Waals surface area contributed by atoms with Gasteiger partial charge in [-0.1, -0.05) is 44.1 Å². The standard InChI is InChI=1S/C12H28N2.C7H17N5.C4H12N2.C3H10N2/c1-2-3-11-14-12-9-7-5-4-6-8-10-13;8-4-3-6-10-5-1-2-7-11-12-9;1-6-4-2-3-5;4-2-1-3-5/h14H,2-13H2,1H3;10H,1-8H2;6H,2-5H2,1H3;1-5H2. The normalized spacial score (nSPS) is 9.70. The number of rotatable bonds is 24. The Balaban J connectivity index is -0.000000213. The van der Waals surface area contributed by atoms with Crippen molar-refractivity contribution in [3.8, 4) is 0 Å². The first kappa shape index (κ1) is 43.1. The number of hydrogen-bond donors (Lipinski definition) is 8. The second kappa shape index (κ2) is 51.6. The van der Waals surface area contributed by atoms with E-state index in [1.807, 2.05) is 7.05 Å². The fourth-order valence-electron chi connectivity index (χ4n) is 2.75. The maximum Gasteiger partial charge on any atom is 0.0258 e. The quantitative estimate of drug-likeness (QED) is 0.0398. The number of nitrogens with one attached hydrogen (secondary N) is 3. The van der Waals surface area contributed by atoms with E-state index >= 15 is 0 Å². The van der Waals surface area contributed by atoms with E-state index in [-0.39, 0.29) is 0 Å². The van der Waals surface area contributed by atoms with Gasteiger partial charge in [0, 0.05) is 11.5 Å². The van der Waals surface area contributed by atoms with E-state index in [4.69, 9.17) is 34.2 Å². The molecule has 0 atom stereocenters. The molecule has 0 spiro atoms. The summed E-state index contributed by atoms with van der Waals surface area (Å²) in [6.07, 6.45) is 15.7. The van der Waals surface area contributed by atoms with Crippen molar-refractivity contribution in [3.05, 3.63) is 10.4 Å². The lowest BCUT2D eigenvalue weighted by atomic mass is 10.1. The van der Waals surface area contributed by atoms with Gasteiger partial charge in [-0.15, -0.1) is 0 Å². The first-order valence-corrected chi connectivity index (χ1v) is 14.7. The van der Waals surface area contributed by atoms with Gasteiger partial charge in [0.2, 0.25) is 0 Å². The molecule has 37 heavy (non-hydrogen) atoms. The first-order chi connectivity index (χ1) is 18.2. The Kier molecular flexibility index (Phi) is 60.0. The Morgan fingerprint density at radius 1 is 0.541 bits per heavy atom. The molecule has 0 unspecified atom stereocenters. The molecule has 13 N–H and O–H groups in total. The number of hydrogen-bond acceptors (Lipinski definition) is 9. The summed E-state index contributed by atoms with van der Waals surface area (Å²) in [5.41, 5.74) is 34.0. The molecule has 0 saturated heterocycles. The predicted octanol–water partition coefficient (Wildman–Crippen LogP) is 2.54. The van der Waals surface area contributed by atoms with Crippen LogP contribution in [0.25, 0.3) is 10.4 Å². The van der Waals surface area contributed by atoms with E-state index in [0.29, 0.717) is 6.54 Å². The molecule has 0 aromatic heterocycles. The second-order valence-corrected chi connectivity index (χ2v) is 8.74. The van der Waals surface area contributed by atoms with Gasteiger partial charge in [0.1, 0.15) is 0 Å². The third-order valence-corrected chi connectivity index (χ3v) is 5.04. The van der Waals surface area contributed by atoms with E-state index in [9.17, 15) is 0 Å². The summed E-state index contributed by atoms with van der Waals surface area (Å²) in [6.45, 7) is 12.1. The molecule has 11 nitrogen and oxygen atoms in total. The van der Waals surface area contributed by atoms with E-state index in [2.05, 4.69) is 32.9 Å². The van der Waals surface area contributed by atoms with Gasteiger partial charge in [0.05, 0.1) is 0 Å². The van der Waals surface area contributed by atoms with Crippen LogP contribution in [-0.2, 0) is 0 Å². The molecule has 11 heteroatoms. The number of nitrogens with zero attached hydrogens (tertiary/aromatic N) is 3. The molecule has 0 aromatic carbocycles. The van der Waals surface area contributed by atoms with Crippen LogP contribution in [0.5, 0.6) is 0 Å².